The number of nitro benzene ring substituents is 1. The first-order valence-electron chi connectivity index (χ1n) is 10.2. The van der Waals surface area contributed by atoms with Gasteiger partial charge in [0.05, 0.1) is 10.6 Å². The Labute approximate surface area is 205 Å². The van der Waals surface area contributed by atoms with E-state index in [1.807, 2.05) is 31.4 Å². The van der Waals surface area contributed by atoms with Crippen LogP contribution >= 0.6 is 23.8 Å². The second kappa shape index (κ2) is 8.85. The van der Waals surface area contributed by atoms with Crippen LogP contribution in [0, 0.1) is 30.9 Å². The van der Waals surface area contributed by atoms with Crippen LogP contribution in [-0.4, -0.2) is 26.4 Å². The van der Waals surface area contributed by atoms with Gasteiger partial charge in [0.25, 0.3) is 17.5 Å². The highest BCUT2D eigenvalue weighted by Crippen LogP contribution is 2.29. The largest absolute Gasteiger partial charge is 0.318 e. The molecule has 10 heteroatoms. The summed E-state index contributed by atoms with van der Waals surface area (Å²) in [6.07, 6.45) is 1.52. The molecule has 1 fully saturated rings. The van der Waals surface area contributed by atoms with E-state index in [1.54, 1.807) is 30.3 Å². The Hall–Kier alpha value is -3.82. The van der Waals surface area contributed by atoms with E-state index in [-0.39, 0.29) is 16.4 Å². The first-order chi connectivity index (χ1) is 16.1. The molecule has 2 amide bonds. The molecule has 4 rings (SSSR count). The average Bonchev–Trinajstić information content (AvgIpc) is 3.06. The van der Waals surface area contributed by atoms with Gasteiger partial charge in [0, 0.05) is 34.2 Å². The number of benzene rings is 2. The maximum absolute atomic E-state index is 13.3. The molecule has 0 bridgehead atoms. The number of carbonyl (C=O) groups excluding carboxylic acids is 2. The SMILES string of the molecule is Cc1ccc(N2C(=O)/C(=C\c3cc(C)n(-c4ccc([N+](=O)[O-])cc4)c3C)C(=O)NC2=S)cc1Cl. The minimum Gasteiger partial charge on any atom is -0.318 e. The van der Waals surface area contributed by atoms with Gasteiger partial charge in [-0.1, -0.05) is 17.7 Å². The molecule has 1 aliphatic heterocycles. The Kier molecular flexibility index (Phi) is 6.07. The molecule has 0 aliphatic carbocycles. The van der Waals surface area contributed by atoms with Crippen LogP contribution in [0.3, 0.4) is 0 Å². The van der Waals surface area contributed by atoms with Crippen molar-refractivity contribution in [3.05, 3.63) is 91.8 Å². The molecule has 1 saturated heterocycles. The van der Waals surface area contributed by atoms with Crippen molar-refractivity contribution in [2.75, 3.05) is 4.90 Å². The zero-order valence-corrected chi connectivity index (χ0v) is 20.0. The van der Waals surface area contributed by atoms with Gasteiger partial charge in [-0.3, -0.25) is 29.9 Å². The van der Waals surface area contributed by atoms with Crippen LogP contribution in [-0.2, 0) is 9.59 Å². The predicted octanol–water partition coefficient (Wildman–Crippen LogP) is 4.80. The van der Waals surface area contributed by atoms with Crippen LogP contribution in [0.5, 0.6) is 0 Å². The maximum Gasteiger partial charge on any atom is 0.270 e. The number of amides is 2. The number of anilines is 1. The van der Waals surface area contributed by atoms with E-state index in [2.05, 4.69) is 5.32 Å². The van der Waals surface area contributed by atoms with Crippen molar-refractivity contribution in [3.8, 4) is 5.69 Å². The van der Waals surface area contributed by atoms with Crippen LogP contribution in [0.4, 0.5) is 11.4 Å². The van der Waals surface area contributed by atoms with Crippen LogP contribution in [0.2, 0.25) is 5.02 Å². The molecule has 0 radical (unpaired) electrons. The van der Waals surface area contributed by atoms with Crippen molar-refractivity contribution in [2.45, 2.75) is 20.8 Å². The van der Waals surface area contributed by atoms with E-state index in [9.17, 15) is 19.7 Å². The van der Waals surface area contributed by atoms with E-state index in [0.29, 0.717) is 16.3 Å². The zero-order valence-electron chi connectivity index (χ0n) is 18.5. The second-order valence-corrected chi connectivity index (χ2v) is 8.62. The Balaban J connectivity index is 1.74. The fourth-order valence-electron chi connectivity index (χ4n) is 3.82. The third kappa shape index (κ3) is 4.11. The molecule has 2 aromatic carbocycles. The maximum atomic E-state index is 13.3. The standard InChI is InChI=1S/C24H19ClN4O4S/c1-13-4-5-19(12-21(13)25)28-23(31)20(22(30)26-24(28)34)11-16-10-14(2)27(15(16)3)17-6-8-18(9-7-17)29(32)33/h4-12H,1-3H3,(H,26,30,34)/b20-11-. The summed E-state index contributed by atoms with van der Waals surface area (Å²) in [5.74, 6) is -1.15. The molecule has 34 heavy (non-hydrogen) atoms. The number of carbonyl (C=O) groups is 2. The van der Waals surface area contributed by atoms with Crippen molar-refractivity contribution < 1.29 is 14.5 Å². The zero-order chi connectivity index (χ0) is 24.7. The lowest BCUT2D eigenvalue weighted by molar-refractivity contribution is -0.384. The highest BCUT2D eigenvalue weighted by atomic mass is 35.5. The van der Waals surface area contributed by atoms with Gasteiger partial charge in [-0.2, -0.15) is 0 Å². The summed E-state index contributed by atoms with van der Waals surface area (Å²) >= 11 is 11.5. The van der Waals surface area contributed by atoms with Gasteiger partial charge in [-0.05, 0) is 80.5 Å². The number of nitrogens with one attached hydrogen (secondary N) is 1. The van der Waals surface area contributed by atoms with Gasteiger partial charge in [-0.15, -0.1) is 0 Å². The first kappa shape index (κ1) is 23.3. The molecule has 1 N–H and O–H groups in total. The van der Waals surface area contributed by atoms with E-state index < -0.39 is 16.7 Å². The predicted molar refractivity (Wildman–Crippen MR) is 134 cm³/mol. The van der Waals surface area contributed by atoms with Gasteiger partial charge >= 0.3 is 0 Å². The Bertz CT molecular complexity index is 1410. The quantitative estimate of drug-likeness (QED) is 0.185. The van der Waals surface area contributed by atoms with E-state index >= 15 is 0 Å². The first-order valence-corrected chi connectivity index (χ1v) is 11.0. The number of nitrogens with zero attached hydrogens (tertiary/aromatic N) is 3. The summed E-state index contributed by atoms with van der Waals surface area (Å²) in [5, 5.41) is 14.0. The average molecular weight is 495 g/mol. The fourth-order valence-corrected chi connectivity index (χ4v) is 4.28. The number of aryl methyl sites for hydroxylation is 2. The van der Waals surface area contributed by atoms with Crippen molar-refractivity contribution in [2.24, 2.45) is 0 Å². The van der Waals surface area contributed by atoms with Crippen molar-refractivity contribution in [1.29, 1.82) is 0 Å². The van der Waals surface area contributed by atoms with Gasteiger partial charge < -0.3 is 4.57 Å². The molecule has 0 spiro atoms. The van der Waals surface area contributed by atoms with Gasteiger partial charge in [0.2, 0.25) is 0 Å². The molecule has 8 nitrogen and oxygen atoms in total. The molecule has 0 unspecified atom stereocenters. The number of hydrogen-bond donors (Lipinski definition) is 1. The van der Waals surface area contributed by atoms with E-state index in [4.69, 9.17) is 23.8 Å². The van der Waals surface area contributed by atoms with Crippen molar-refractivity contribution in [1.82, 2.24) is 9.88 Å². The molecule has 3 aromatic rings. The summed E-state index contributed by atoms with van der Waals surface area (Å²) in [6.45, 7) is 5.55. The summed E-state index contributed by atoms with van der Waals surface area (Å²) in [6, 6.07) is 13.1. The Morgan fingerprint density at radius 2 is 1.68 bits per heavy atom. The Morgan fingerprint density at radius 3 is 2.29 bits per heavy atom. The lowest BCUT2D eigenvalue weighted by atomic mass is 10.1. The van der Waals surface area contributed by atoms with E-state index in [0.717, 1.165) is 22.6 Å². The van der Waals surface area contributed by atoms with Gasteiger partial charge in [0.1, 0.15) is 5.57 Å². The van der Waals surface area contributed by atoms with Crippen molar-refractivity contribution in [3.63, 3.8) is 0 Å². The van der Waals surface area contributed by atoms with Crippen molar-refractivity contribution >= 4 is 58.2 Å². The summed E-state index contributed by atoms with van der Waals surface area (Å²) in [7, 11) is 0. The molecule has 0 saturated carbocycles. The van der Waals surface area contributed by atoms with Crippen LogP contribution < -0.4 is 10.2 Å². The summed E-state index contributed by atoms with van der Waals surface area (Å²) < 4.78 is 1.89. The smallest absolute Gasteiger partial charge is 0.270 e. The number of hydrogen-bond acceptors (Lipinski definition) is 5. The number of thiocarbonyl (C=S) groups is 1. The molecular formula is C24H19ClN4O4S. The second-order valence-electron chi connectivity index (χ2n) is 7.83. The molecule has 1 aliphatic rings. The highest BCUT2D eigenvalue weighted by molar-refractivity contribution is 7.80. The number of non-ortho nitro benzene ring substituents is 1. The normalized spacial score (nSPS) is 15.1. The minimum atomic E-state index is -0.593. The van der Waals surface area contributed by atoms with Gasteiger partial charge in [-0.25, -0.2) is 0 Å². The summed E-state index contributed by atoms with van der Waals surface area (Å²) in [5.41, 5.74) is 4.19. The molecule has 2 heterocycles. The molecule has 0 atom stereocenters. The van der Waals surface area contributed by atoms with E-state index in [1.165, 1.54) is 23.1 Å². The number of rotatable bonds is 4. The molecular weight excluding hydrogens is 476 g/mol. The highest BCUT2D eigenvalue weighted by Gasteiger charge is 2.35. The monoisotopic (exact) mass is 494 g/mol. The minimum absolute atomic E-state index is 0.00898. The Morgan fingerprint density at radius 1 is 1.03 bits per heavy atom. The molecule has 172 valence electrons. The summed E-state index contributed by atoms with van der Waals surface area (Å²) in [4.78, 5) is 37.7. The lowest BCUT2D eigenvalue weighted by Crippen LogP contribution is -2.54. The number of halogens is 1. The lowest BCUT2D eigenvalue weighted by Gasteiger charge is -2.29. The van der Waals surface area contributed by atoms with Crippen LogP contribution in [0.15, 0.2) is 54.1 Å². The third-order valence-corrected chi connectivity index (χ3v) is 6.30. The van der Waals surface area contributed by atoms with Gasteiger partial charge in [0.15, 0.2) is 5.11 Å². The fraction of sp³-hybridized carbons (Fsp3) is 0.125. The molecule has 1 aromatic heterocycles. The van der Waals surface area contributed by atoms with Crippen LogP contribution in [0.1, 0.15) is 22.5 Å². The number of nitro groups is 1. The third-order valence-electron chi connectivity index (χ3n) is 5.60. The van der Waals surface area contributed by atoms with Crippen LogP contribution in [0.25, 0.3) is 11.8 Å². The topological polar surface area (TPSA) is 97.5 Å². The number of aromatic nitrogens is 1.